The molecule has 0 N–H and O–H groups in total. The summed E-state index contributed by atoms with van der Waals surface area (Å²) in [4.78, 5) is 20.5. The molecule has 0 saturated carbocycles. The zero-order valence-corrected chi connectivity index (χ0v) is 11.5. The molecular formula is C13H26O3. The molecule has 16 heavy (non-hydrogen) atoms. The molecule has 0 heterocycles. The van der Waals surface area contributed by atoms with E-state index < -0.39 is 0 Å². The smallest absolute Gasteiger partial charge is 0.302 e. The second-order valence-corrected chi connectivity index (χ2v) is 4.82. The Balaban J connectivity index is 0. The van der Waals surface area contributed by atoms with Gasteiger partial charge in [-0.2, -0.15) is 0 Å². The molecule has 0 aliphatic carbocycles. The summed E-state index contributed by atoms with van der Waals surface area (Å²) in [6, 6.07) is 0. The Bertz CT molecular complexity index is 195. The number of rotatable bonds is 5. The third-order valence-electron chi connectivity index (χ3n) is 1.70. The van der Waals surface area contributed by atoms with Crippen molar-refractivity contribution in [3.8, 4) is 0 Å². The van der Waals surface area contributed by atoms with Gasteiger partial charge in [-0.05, 0) is 25.2 Å². The lowest BCUT2D eigenvalue weighted by Crippen LogP contribution is -2.02. The van der Waals surface area contributed by atoms with Crippen molar-refractivity contribution in [3.63, 3.8) is 0 Å². The van der Waals surface area contributed by atoms with Crippen LogP contribution in [0, 0.1) is 11.8 Å². The Kier molecular flexibility index (Phi) is 11.7. The van der Waals surface area contributed by atoms with E-state index in [1.165, 1.54) is 6.92 Å². The summed E-state index contributed by atoms with van der Waals surface area (Å²) in [5.41, 5.74) is 0. The highest BCUT2D eigenvalue weighted by Crippen LogP contribution is 1.98. The maximum absolute atomic E-state index is 10.3. The molecule has 0 fully saturated rings. The van der Waals surface area contributed by atoms with Crippen molar-refractivity contribution < 1.29 is 14.3 Å². The van der Waals surface area contributed by atoms with Crippen molar-refractivity contribution in [2.45, 2.75) is 54.4 Å². The monoisotopic (exact) mass is 230 g/mol. The van der Waals surface area contributed by atoms with Crippen LogP contribution in [-0.2, 0) is 14.3 Å². The molecule has 0 saturated heterocycles. The normalized spacial score (nSPS) is 9.75. The van der Waals surface area contributed by atoms with E-state index >= 15 is 0 Å². The van der Waals surface area contributed by atoms with Crippen LogP contribution in [0.2, 0.25) is 0 Å². The fourth-order valence-electron chi connectivity index (χ4n) is 1.01. The minimum atomic E-state index is -0.185. The van der Waals surface area contributed by atoms with Gasteiger partial charge in [-0.15, -0.1) is 0 Å². The molecule has 0 unspecified atom stereocenters. The van der Waals surface area contributed by atoms with Gasteiger partial charge in [0.15, 0.2) is 0 Å². The summed E-state index contributed by atoms with van der Waals surface area (Å²) >= 11 is 0. The minimum absolute atomic E-state index is 0.185. The first-order valence-electron chi connectivity index (χ1n) is 5.88. The lowest BCUT2D eigenvalue weighted by Gasteiger charge is -2.02. The maximum Gasteiger partial charge on any atom is 0.302 e. The number of esters is 1. The van der Waals surface area contributed by atoms with Gasteiger partial charge >= 0.3 is 5.97 Å². The molecule has 0 aliphatic heterocycles. The first-order chi connectivity index (χ1) is 7.25. The van der Waals surface area contributed by atoms with Crippen LogP contribution in [-0.4, -0.2) is 18.4 Å². The average molecular weight is 230 g/mol. The molecule has 0 aliphatic rings. The first kappa shape index (κ1) is 17.5. The van der Waals surface area contributed by atoms with Gasteiger partial charge in [-0.25, -0.2) is 0 Å². The van der Waals surface area contributed by atoms with E-state index in [4.69, 9.17) is 4.74 Å². The first-order valence-corrected chi connectivity index (χ1v) is 5.88. The third-order valence-corrected chi connectivity index (χ3v) is 1.70. The van der Waals surface area contributed by atoms with Crippen LogP contribution >= 0.6 is 0 Å². The number of Topliss-reactive ketones (excluding diaryl/α,β-unsaturated/α-hetero) is 1. The fraction of sp³-hybridized carbons (Fsp3) is 0.846. The van der Waals surface area contributed by atoms with Gasteiger partial charge in [0.05, 0.1) is 6.61 Å². The molecule has 0 spiro atoms. The van der Waals surface area contributed by atoms with E-state index in [1.807, 2.05) is 13.8 Å². The Morgan fingerprint density at radius 1 is 1.00 bits per heavy atom. The van der Waals surface area contributed by atoms with E-state index in [-0.39, 0.29) is 11.8 Å². The molecule has 0 rings (SSSR count). The molecular weight excluding hydrogens is 204 g/mol. The van der Waals surface area contributed by atoms with Gasteiger partial charge in [0, 0.05) is 13.3 Å². The zero-order valence-electron chi connectivity index (χ0n) is 11.5. The standard InChI is InChI=1S/C7H14O2.C6H12O/c1-6(2)4-5-9-7(3)8;1-5(2)4-6(3)7/h6H,4-5H2,1-3H3;5H,4H2,1-3H3. The SMILES string of the molecule is CC(=O)CC(C)C.CC(=O)OCCC(C)C. The molecule has 0 bridgehead atoms. The molecule has 96 valence electrons. The Morgan fingerprint density at radius 3 is 1.69 bits per heavy atom. The van der Waals surface area contributed by atoms with Crippen LogP contribution in [0.3, 0.4) is 0 Å². The lowest BCUT2D eigenvalue weighted by molar-refractivity contribution is -0.141. The molecule has 3 heteroatoms. The van der Waals surface area contributed by atoms with Crippen molar-refractivity contribution in [1.29, 1.82) is 0 Å². The van der Waals surface area contributed by atoms with E-state index in [9.17, 15) is 9.59 Å². The second-order valence-electron chi connectivity index (χ2n) is 4.82. The van der Waals surface area contributed by atoms with Crippen LogP contribution in [0.25, 0.3) is 0 Å². The highest BCUT2D eigenvalue weighted by Gasteiger charge is 1.95. The average Bonchev–Trinajstić information content (AvgIpc) is 2.00. The molecule has 0 aromatic carbocycles. The topological polar surface area (TPSA) is 43.4 Å². The van der Waals surface area contributed by atoms with E-state index in [0.29, 0.717) is 18.4 Å². The molecule has 3 nitrogen and oxygen atoms in total. The molecule has 0 aromatic heterocycles. The minimum Gasteiger partial charge on any atom is -0.466 e. The van der Waals surface area contributed by atoms with Gasteiger partial charge in [-0.1, -0.05) is 27.7 Å². The molecule has 0 radical (unpaired) electrons. The zero-order chi connectivity index (χ0) is 13.1. The van der Waals surface area contributed by atoms with Crippen molar-refractivity contribution in [2.24, 2.45) is 11.8 Å². The molecule has 0 atom stereocenters. The Morgan fingerprint density at radius 2 is 1.50 bits per heavy atom. The summed E-state index contributed by atoms with van der Waals surface area (Å²) < 4.78 is 4.71. The van der Waals surface area contributed by atoms with Gasteiger partial charge in [0.1, 0.15) is 5.78 Å². The molecule has 0 aromatic rings. The van der Waals surface area contributed by atoms with Crippen molar-refractivity contribution in [2.75, 3.05) is 6.61 Å². The van der Waals surface area contributed by atoms with Gasteiger partial charge in [0.2, 0.25) is 0 Å². The molecule has 0 amide bonds. The summed E-state index contributed by atoms with van der Waals surface area (Å²) in [7, 11) is 0. The van der Waals surface area contributed by atoms with Crippen LogP contribution in [0.4, 0.5) is 0 Å². The van der Waals surface area contributed by atoms with Crippen LogP contribution in [0.15, 0.2) is 0 Å². The van der Waals surface area contributed by atoms with Gasteiger partial charge in [-0.3, -0.25) is 4.79 Å². The summed E-state index contributed by atoms with van der Waals surface area (Å²) in [6.07, 6.45) is 1.68. The fourth-order valence-corrected chi connectivity index (χ4v) is 1.01. The predicted octanol–water partition coefficient (Wildman–Crippen LogP) is 3.22. The largest absolute Gasteiger partial charge is 0.466 e. The summed E-state index contributed by atoms with van der Waals surface area (Å²) in [5, 5.41) is 0. The third kappa shape index (κ3) is 23.2. The number of ketones is 1. The second kappa shape index (κ2) is 10.7. The quantitative estimate of drug-likeness (QED) is 0.681. The highest BCUT2D eigenvalue weighted by molar-refractivity contribution is 5.75. The number of carbonyl (C=O) groups excluding carboxylic acids is 2. The summed E-state index contributed by atoms with van der Waals surface area (Å²) in [6.45, 7) is 11.9. The summed E-state index contributed by atoms with van der Waals surface area (Å²) in [5.74, 6) is 1.24. The van der Waals surface area contributed by atoms with Gasteiger partial charge in [0.25, 0.3) is 0 Å². The van der Waals surface area contributed by atoms with Crippen molar-refractivity contribution in [1.82, 2.24) is 0 Å². The Hall–Kier alpha value is -0.860. The number of carbonyl (C=O) groups is 2. The van der Waals surface area contributed by atoms with Crippen LogP contribution < -0.4 is 0 Å². The van der Waals surface area contributed by atoms with Gasteiger partial charge < -0.3 is 9.53 Å². The van der Waals surface area contributed by atoms with Crippen molar-refractivity contribution >= 4 is 11.8 Å². The van der Waals surface area contributed by atoms with E-state index in [0.717, 1.165) is 12.8 Å². The Labute approximate surface area is 99.6 Å². The van der Waals surface area contributed by atoms with E-state index in [2.05, 4.69) is 13.8 Å². The highest BCUT2D eigenvalue weighted by atomic mass is 16.5. The number of hydrogen-bond donors (Lipinski definition) is 0. The maximum atomic E-state index is 10.3. The number of ether oxygens (including phenoxy) is 1. The van der Waals surface area contributed by atoms with Crippen molar-refractivity contribution in [3.05, 3.63) is 0 Å². The number of hydrogen-bond acceptors (Lipinski definition) is 3. The van der Waals surface area contributed by atoms with E-state index in [1.54, 1.807) is 6.92 Å². The van der Waals surface area contributed by atoms with Crippen LogP contribution in [0.1, 0.15) is 54.4 Å². The lowest BCUT2D eigenvalue weighted by atomic mass is 10.1. The van der Waals surface area contributed by atoms with Crippen LogP contribution in [0.5, 0.6) is 0 Å². The predicted molar refractivity (Wildman–Crippen MR) is 66.2 cm³/mol.